The van der Waals surface area contributed by atoms with Gasteiger partial charge in [0, 0.05) is 17.1 Å². The monoisotopic (exact) mass is 478 g/mol. The van der Waals surface area contributed by atoms with Crippen LogP contribution in [0.4, 0.5) is 5.13 Å². The number of hydrogen-bond acceptors (Lipinski definition) is 7. The van der Waals surface area contributed by atoms with Crippen molar-refractivity contribution in [3.63, 3.8) is 0 Å². The summed E-state index contributed by atoms with van der Waals surface area (Å²) in [5.41, 5.74) is 3.60. The summed E-state index contributed by atoms with van der Waals surface area (Å²) in [6, 6.07) is 15.1. The number of thiazole rings is 1. The zero-order valence-corrected chi connectivity index (χ0v) is 19.7. The van der Waals surface area contributed by atoms with Gasteiger partial charge in [-0.3, -0.25) is 14.2 Å². The largest absolute Gasteiger partial charge is 0.345 e. The Morgan fingerprint density at radius 3 is 2.67 bits per heavy atom. The highest BCUT2D eigenvalue weighted by Crippen LogP contribution is 2.25. The van der Waals surface area contributed by atoms with Crippen LogP contribution >= 0.6 is 23.1 Å². The average molecular weight is 479 g/mol. The van der Waals surface area contributed by atoms with Crippen molar-refractivity contribution in [1.29, 1.82) is 0 Å². The molecule has 4 rings (SSSR count). The molecule has 0 bridgehead atoms. The van der Waals surface area contributed by atoms with Crippen LogP contribution in [0.5, 0.6) is 0 Å². The SMILES string of the molecule is Cc1ccc(C)c(-n2c(CNC(=O)c3ccccc3)nnc2SCC(=O)Nc2nccs2)c1. The lowest BCUT2D eigenvalue weighted by Crippen LogP contribution is -2.24. The Balaban J connectivity index is 1.56. The molecular weight excluding hydrogens is 456 g/mol. The molecule has 0 spiro atoms. The molecule has 2 heterocycles. The van der Waals surface area contributed by atoms with Gasteiger partial charge in [-0.25, -0.2) is 4.98 Å². The Labute approximate surface area is 199 Å². The topological polar surface area (TPSA) is 102 Å². The number of rotatable bonds is 8. The highest BCUT2D eigenvalue weighted by atomic mass is 32.2. The van der Waals surface area contributed by atoms with Gasteiger partial charge < -0.3 is 10.6 Å². The third kappa shape index (κ3) is 5.65. The van der Waals surface area contributed by atoms with Crippen LogP contribution < -0.4 is 10.6 Å². The van der Waals surface area contributed by atoms with Crippen molar-refractivity contribution in [2.24, 2.45) is 0 Å². The Hall–Kier alpha value is -3.50. The molecule has 33 heavy (non-hydrogen) atoms. The Bertz CT molecular complexity index is 1260. The molecule has 0 unspecified atom stereocenters. The molecule has 0 aliphatic rings. The molecule has 2 N–H and O–H groups in total. The van der Waals surface area contributed by atoms with Gasteiger partial charge in [0.2, 0.25) is 5.91 Å². The maximum Gasteiger partial charge on any atom is 0.251 e. The van der Waals surface area contributed by atoms with Crippen LogP contribution in [0.2, 0.25) is 0 Å². The highest BCUT2D eigenvalue weighted by Gasteiger charge is 2.18. The lowest BCUT2D eigenvalue weighted by atomic mass is 10.1. The lowest BCUT2D eigenvalue weighted by molar-refractivity contribution is -0.113. The fourth-order valence-corrected chi connectivity index (χ4v) is 4.44. The van der Waals surface area contributed by atoms with Crippen LogP contribution in [0, 0.1) is 13.8 Å². The minimum Gasteiger partial charge on any atom is -0.345 e. The first kappa shape index (κ1) is 22.7. The number of nitrogens with one attached hydrogen (secondary N) is 2. The Morgan fingerprint density at radius 1 is 1.09 bits per heavy atom. The van der Waals surface area contributed by atoms with E-state index in [9.17, 15) is 9.59 Å². The van der Waals surface area contributed by atoms with E-state index in [0.717, 1.165) is 16.8 Å². The predicted octanol–water partition coefficient (Wildman–Crippen LogP) is 4.00. The standard InChI is InChI=1S/C23H22N6O2S2/c1-15-8-9-16(2)18(12-15)29-19(13-25-21(31)17-6-4-3-5-7-17)27-28-23(29)33-14-20(30)26-22-24-10-11-32-22/h3-12H,13-14H2,1-2H3,(H,25,31)(H,24,26,30). The quantitative estimate of drug-likeness (QED) is 0.371. The first-order valence-corrected chi connectivity index (χ1v) is 12.0. The summed E-state index contributed by atoms with van der Waals surface area (Å²) in [6.07, 6.45) is 1.64. The minimum absolute atomic E-state index is 0.152. The van der Waals surface area contributed by atoms with E-state index in [0.29, 0.717) is 21.7 Å². The number of hydrogen-bond donors (Lipinski definition) is 2. The molecule has 0 saturated heterocycles. The molecule has 2 amide bonds. The number of benzene rings is 2. The number of aromatic nitrogens is 4. The van der Waals surface area contributed by atoms with Gasteiger partial charge in [-0.05, 0) is 43.2 Å². The fraction of sp³-hybridized carbons (Fsp3) is 0.174. The summed E-state index contributed by atoms with van der Waals surface area (Å²) in [6.45, 7) is 4.21. The molecule has 0 atom stereocenters. The number of aryl methyl sites for hydroxylation is 2. The summed E-state index contributed by atoms with van der Waals surface area (Å²) in [7, 11) is 0. The normalized spacial score (nSPS) is 10.7. The second kappa shape index (κ2) is 10.4. The van der Waals surface area contributed by atoms with Gasteiger partial charge in [-0.1, -0.05) is 42.1 Å². The van der Waals surface area contributed by atoms with Gasteiger partial charge in [0.05, 0.1) is 18.0 Å². The van der Waals surface area contributed by atoms with Crippen LogP contribution in [0.15, 0.2) is 65.3 Å². The van der Waals surface area contributed by atoms with E-state index in [2.05, 4.69) is 25.8 Å². The third-order valence-corrected chi connectivity index (χ3v) is 6.38. The zero-order valence-electron chi connectivity index (χ0n) is 18.1. The lowest BCUT2D eigenvalue weighted by Gasteiger charge is -2.14. The molecule has 2 aromatic carbocycles. The number of carbonyl (C=O) groups excluding carboxylic acids is 2. The number of amides is 2. The van der Waals surface area contributed by atoms with Crippen molar-refractivity contribution in [1.82, 2.24) is 25.1 Å². The molecule has 0 radical (unpaired) electrons. The molecule has 0 saturated carbocycles. The van der Waals surface area contributed by atoms with Gasteiger partial charge >= 0.3 is 0 Å². The van der Waals surface area contributed by atoms with Crippen molar-refractivity contribution in [3.05, 3.63) is 82.6 Å². The maximum atomic E-state index is 12.5. The molecule has 0 aliphatic carbocycles. The van der Waals surface area contributed by atoms with Gasteiger partial charge in [-0.15, -0.1) is 21.5 Å². The van der Waals surface area contributed by atoms with Crippen LogP contribution in [0.25, 0.3) is 5.69 Å². The van der Waals surface area contributed by atoms with Crippen molar-refractivity contribution >= 4 is 40.0 Å². The summed E-state index contributed by atoms with van der Waals surface area (Å²) < 4.78 is 1.90. The van der Waals surface area contributed by atoms with Crippen molar-refractivity contribution < 1.29 is 9.59 Å². The molecule has 0 aliphatic heterocycles. The molecule has 4 aromatic rings. The molecule has 2 aromatic heterocycles. The average Bonchev–Trinajstić information content (AvgIpc) is 3.48. The molecule has 0 fully saturated rings. The van der Waals surface area contributed by atoms with Crippen LogP contribution in [0.1, 0.15) is 27.3 Å². The van der Waals surface area contributed by atoms with Crippen LogP contribution in [0.3, 0.4) is 0 Å². The van der Waals surface area contributed by atoms with Gasteiger partial charge in [0.25, 0.3) is 5.91 Å². The van der Waals surface area contributed by atoms with Crippen LogP contribution in [-0.4, -0.2) is 37.3 Å². The predicted molar refractivity (Wildman–Crippen MR) is 130 cm³/mol. The van der Waals surface area contributed by atoms with E-state index >= 15 is 0 Å². The van der Waals surface area contributed by atoms with E-state index in [4.69, 9.17) is 0 Å². The first-order valence-electron chi connectivity index (χ1n) is 10.2. The zero-order chi connectivity index (χ0) is 23.2. The minimum atomic E-state index is -0.192. The maximum absolute atomic E-state index is 12.5. The van der Waals surface area contributed by atoms with Crippen molar-refractivity contribution in [2.75, 3.05) is 11.1 Å². The van der Waals surface area contributed by atoms with Crippen LogP contribution in [-0.2, 0) is 11.3 Å². The van der Waals surface area contributed by atoms with Gasteiger partial charge in [0.15, 0.2) is 16.1 Å². The second-order valence-corrected chi connectivity index (χ2v) is 9.08. The molecular formula is C23H22N6O2S2. The van der Waals surface area contributed by atoms with E-state index in [1.165, 1.54) is 23.1 Å². The molecule has 8 nitrogen and oxygen atoms in total. The molecule has 10 heteroatoms. The first-order chi connectivity index (χ1) is 16.0. The Kier molecular flexibility index (Phi) is 7.16. The van der Waals surface area contributed by atoms with E-state index in [1.807, 2.05) is 54.8 Å². The van der Waals surface area contributed by atoms with Crippen molar-refractivity contribution in [3.8, 4) is 5.69 Å². The highest BCUT2D eigenvalue weighted by molar-refractivity contribution is 7.99. The van der Waals surface area contributed by atoms with E-state index < -0.39 is 0 Å². The smallest absolute Gasteiger partial charge is 0.251 e. The number of thioether (sulfide) groups is 1. The van der Waals surface area contributed by atoms with E-state index in [1.54, 1.807) is 23.7 Å². The van der Waals surface area contributed by atoms with Crippen molar-refractivity contribution in [2.45, 2.75) is 25.5 Å². The third-order valence-electron chi connectivity index (χ3n) is 4.76. The summed E-state index contributed by atoms with van der Waals surface area (Å²) >= 11 is 2.64. The van der Waals surface area contributed by atoms with E-state index in [-0.39, 0.29) is 24.1 Å². The summed E-state index contributed by atoms with van der Waals surface area (Å²) in [5.74, 6) is 0.363. The number of nitrogens with zero attached hydrogens (tertiary/aromatic N) is 4. The number of anilines is 1. The molecule has 168 valence electrons. The number of carbonyl (C=O) groups is 2. The second-order valence-electron chi connectivity index (χ2n) is 7.25. The fourth-order valence-electron chi connectivity index (χ4n) is 3.13. The van der Waals surface area contributed by atoms with Gasteiger partial charge in [0.1, 0.15) is 0 Å². The Morgan fingerprint density at radius 2 is 1.91 bits per heavy atom. The van der Waals surface area contributed by atoms with Gasteiger partial charge in [-0.2, -0.15) is 0 Å². The summed E-state index contributed by atoms with van der Waals surface area (Å²) in [4.78, 5) is 29.0. The summed E-state index contributed by atoms with van der Waals surface area (Å²) in [5, 5.41) is 17.2.